The van der Waals surface area contributed by atoms with E-state index in [4.69, 9.17) is 20.9 Å². The third kappa shape index (κ3) is 4.16. The number of carbonyl (C=O) groups excluding carboxylic acids is 2. The second-order valence-electron chi connectivity index (χ2n) is 8.57. The van der Waals surface area contributed by atoms with Gasteiger partial charge in [0, 0.05) is 17.2 Å². The first kappa shape index (κ1) is 21.4. The number of amides is 2. The smallest absolute Gasteiger partial charge is 0.258 e. The first-order chi connectivity index (χ1) is 15.9. The van der Waals surface area contributed by atoms with E-state index in [0.29, 0.717) is 31.0 Å². The lowest BCUT2D eigenvalue weighted by Gasteiger charge is -2.69. The molecule has 0 saturated heterocycles. The molecule has 33 heavy (non-hydrogen) atoms. The number of carbonyl (C=O) groups is 2. The van der Waals surface area contributed by atoms with E-state index in [2.05, 4.69) is 20.8 Å². The molecule has 0 atom stereocenters. The largest absolute Gasteiger partial charge is 0.484 e. The second-order valence-corrected chi connectivity index (χ2v) is 8.98. The first-order valence-corrected chi connectivity index (χ1v) is 10.8. The summed E-state index contributed by atoms with van der Waals surface area (Å²) in [5.41, 5.74) is -0.0420. The molecular formula is C23H20ClFN4O4. The SMILES string of the molecule is O=C(COc1ccc(Cl)c(F)c1)NC12CC(C(=O)NCc3noc(-c4ccccc4)n3)(C1)C2. The highest BCUT2D eigenvalue weighted by Crippen LogP contribution is 2.67. The third-order valence-corrected chi connectivity index (χ3v) is 6.38. The van der Waals surface area contributed by atoms with Crippen molar-refractivity contribution in [1.82, 2.24) is 20.8 Å². The van der Waals surface area contributed by atoms with Crippen LogP contribution >= 0.6 is 11.6 Å². The molecule has 2 amide bonds. The van der Waals surface area contributed by atoms with Gasteiger partial charge in [-0.05, 0) is 43.5 Å². The molecule has 3 aromatic rings. The molecule has 3 saturated carbocycles. The highest BCUT2D eigenvalue weighted by molar-refractivity contribution is 6.30. The minimum atomic E-state index is -0.612. The van der Waals surface area contributed by atoms with Crippen LogP contribution in [0.1, 0.15) is 25.1 Å². The summed E-state index contributed by atoms with van der Waals surface area (Å²) in [5, 5.41) is 9.69. The van der Waals surface area contributed by atoms with Gasteiger partial charge in [0.25, 0.3) is 11.8 Å². The molecule has 2 bridgehead atoms. The zero-order valence-corrected chi connectivity index (χ0v) is 18.2. The number of aromatic nitrogens is 2. The minimum Gasteiger partial charge on any atom is -0.484 e. The summed E-state index contributed by atoms with van der Waals surface area (Å²) in [5.74, 6) is -0.00323. The molecule has 0 unspecified atom stereocenters. The van der Waals surface area contributed by atoms with Gasteiger partial charge in [0.1, 0.15) is 11.6 Å². The maximum Gasteiger partial charge on any atom is 0.258 e. The summed E-state index contributed by atoms with van der Waals surface area (Å²) < 4.78 is 24.0. The van der Waals surface area contributed by atoms with Crippen molar-refractivity contribution in [2.24, 2.45) is 5.41 Å². The van der Waals surface area contributed by atoms with E-state index in [1.165, 1.54) is 12.1 Å². The Kier molecular flexibility index (Phi) is 5.28. The van der Waals surface area contributed by atoms with Gasteiger partial charge < -0.3 is 19.9 Å². The Hall–Kier alpha value is -3.46. The van der Waals surface area contributed by atoms with Gasteiger partial charge in [0.2, 0.25) is 5.91 Å². The molecule has 170 valence electrons. The summed E-state index contributed by atoms with van der Waals surface area (Å²) in [6.07, 6.45) is 1.69. The molecule has 2 N–H and O–H groups in total. The summed E-state index contributed by atoms with van der Waals surface area (Å²) in [4.78, 5) is 29.2. The van der Waals surface area contributed by atoms with Crippen LogP contribution in [0.5, 0.6) is 5.75 Å². The van der Waals surface area contributed by atoms with Crippen LogP contribution in [0.2, 0.25) is 5.02 Å². The van der Waals surface area contributed by atoms with Crippen molar-refractivity contribution in [3.63, 3.8) is 0 Å². The van der Waals surface area contributed by atoms with Gasteiger partial charge in [-0.1, -0.05) is 35.0 Å². The number of nitrogens with one attached hydrogen (secondary N) is 2. The number of nitrogens with zero attached hydrogens (tertiary/aromatic N) is 2. The summed E-state index contributed by atoms with van der Waals surface area (Å²) >= 11 is 5.63. The van der Waals surface area contributed by atoms with E-state index in [0.717, 1.165) is 11.6 Å². The molecule has 3 fully saturated rings. The molecule has 3 aliphatic carbocycles. The fourth-order valence-corrected chi connectivity index (χ4v) is 4.70. The standard InChI is InChI=1S/C23H20ClFN4O4/c24-16-7-6-15(8-17(16)25)32-10-19(30)28-23-11-22(12-23,13-23)21(31)26-9-18-27-20(33-29-18)14-4-2-1-3-5-14/h1-8H,9-13H2,(H,26,31)(H,28,30). The van der Waals surface area contributed by atoms with Gasteiger partial charge in [0.05, 0.1) is 17.0 Å². The Balaban J connectivity index is 1.06. The Labute approximate surface area is 193 Å². The molecular weight excluding hydrogens is 451 g/mol. The number of rotatable bonds is 8. The summed E-state index contributed by atoms with van der Waals surface area (Å²) in [6, 6.07) is 13.4. The Bertz CT molecular complexity index is 1200. The van der Waals surface area contributed by atoms with E-state index in [-0.39, 0.29) is 41.3 Å². The van der Waals surface area contributed by atoms with Crippen LogP contribution in [0.3, 0.4) is 0 Å². The number of hydrogen-bond acceptors (Lipinski definition) is 6. The molecule has 2 aromatic carbocycles. The quantitative estimate of drug-likeness (QED) is 0.523. The fourth-order valence-electron chi connectivity index (χ4n) is 4.58. The van der Waals surface area contributed by atoms with Crippen LogP contribution in [-0.2, 0) is 16.1 Å². The maximum absolute atomic E-state index is 13.4. The Morgan fingerprint density at radius 3 is 2.64 bits per heavy atom. The van der Waals surface area contributed by atoms with Gasteiger partial charge in [-0.25, -0.2) is 4.39 Å². The van der Waals surface area contributed by atoms with Gasteiger partial charge in [-0.3, -0.25) is 9.59 Å². The van der Waals surface area contributed by atoms with E-state index in [1.807, 2.05) is 30.3 Å². The number of benzene rings is 2. The Morgan fingerprint density at radius 1 is 1.15 bits per heavy atom. The lowest BCUT2D eigenvalue weighted by atomic mass is 9.39. The van der Waals surface area contributed by atoms with Crippen LogP contribution < -0.4 is 15.4 Å². The van der Waals surface area contributed by atoms with Crippen LogP contribution in [0.4, 0.5) is 4.39 Å². The minimum absolute atomic E-state index is 0.0137. The molecule has 1 heterocycles. The number of halogens is 2. The van der Waals surface area contributed by atoms with Crippen molar-refractivity contribution in [1.29, 1.82) is 0 Å². The first-order valence-electron chi connectivity index (χ1n) is 10.4. The zero-order chi connectivity index (χ0) is 23.1. The maximum atomic E-state index is 13.4. The molecule has 0 spiro atoms. The van der Waals surface area contributed by atoms with Crippen molar-refractivity contribution in [3.05, 3.63) is 65.2 Å². The van der Waals surface area contributed by atoms with Crippen molar-refractivity contribution >= 4 is 23.4 Å². The molecule has 8 nitrogen and oxygen atoms in total. The number of hydrogen-bond donors (Lipinski definition) is 2. The van der Waals surface area contributed by atoms with Crippen molar-refractivity contribution in [3.8, 4) is 17.2 Å². The summed E-state index contributed by atoms with van der Waals surface area (Å²) in [7, 11) is 0. The topological polar surface area (TPSA) is 106 Å². The van der Waals surface area contributed by atoms with E-state index in [9.17, 15) is 14.0 Å². The van der Waals surface area contributed by atoms with Crippen LogP contribution in [-0.4, -0.2) is 34.1 Å². The summed E-state index contributed by atoms with van der Waals surface area (Å²) in [6.45, 7) is -0.0780. The van der Waals surface area contributed by atoms with E-state index < -0.39 is 11.2 Å². The molecule has 6 rings (SSSR count). The van der Waals surface area contributed by atoms with E-state index >= 15 is 0 Å². The monoisotopic (exact) mass is 470 g/mol. The van der Waals surface area contributed by atoms with Crippen molar-refractivity contribution in [2.75, 3.05) is 6.61 Å². The predicted octanol–water partition coefficient (Wildman–Crippen LogP) is 3.26. The lowest BCUT2D eigenvalue weighted by molar-refractivity contribution is -0.184. The fraction of sp³-hybridized carbons (Fsp3) is 0.304. The second kappa shape index (κ2) is 8.15. The Morgan fingerprint density at radius 2 is 1.91 bits per heavy atom. The molecule has 3 aliphatic rings. The molecule has 0 radical (unpaired) electrons. The van der Waals surface area contributed by atoms with Crippen LogP contribution in [0.25, 0.3) is 11.5 Å². The van der Waals surface area contributed by atoms with Gasteiger partial charge in [0.15, 0.2) is 12.4 Å². The van der Waals surface area contributed by atoms with Crippen LogP contribution in [0.15, 0.2) is 53.1 Å². The predicted molar refractivity (Wildman–Crippen MR) is 116 cm³/mol. The lowest BCUT2D eigenvalue weighted by Crippen LogP contribution is -2.78. The normalized spacial score (nSPS) is 22.6. The highest BCUT2D eigenvalue weighted by atomic mass is 35.5. The molecule has 1 aromatic heterocycles. The molecule has 0 aliphatic heterocycles. The van der Waals surface area contributed by atoms with Gasteiger partial charge in [-0.2, -0.15) is 4.98 Å². The zero-order valence-electron chi connectivity index (χ0n) is 17.4. The van der Waals surface area contributed by atoms with Crippen LogP contribution in [0, 0.1) is 11.2 Å². The van der Waals surface area contributed by atoms with Crippen molar-refractivity contribution in [2.45, 2.75) is 31.3 Å². The molecule has 10 heteroatoms. The van der Waals surface area contributed by atoms with Crippen molar-refractivity contribution < 1.29 is 23.2 Å². The highest BCUT2D eigenvalue weighted by Gasteiger charge is 2.72. The van der Waals surface area contributed by atoms with Gasteiger partial charge in [-0.15, -0.1) is 0 Å². The van der Waals surface area contributed by atoms with E-state index in [1.54, 1.807) is 0 Å². The third-order valence-electron chi connectivity index (χ3n) is 6.07. The number of ether oxygens (including phenoxy) is 1. The average Bonchev–Trinajstić information content (AvgIpc) is 3.24. The average molecular weight is 471 g/mol. The van der Waals surface area contributed by atoms with Gasteiger partial charge >= 0.3 is 0 Å².